The van der Waals surface area contributed by atoms with Crippen molar-refractivity contribution in [2.24, 2.45) is 0 Å². The molecule has 38 heavy (non-hydrogen) atoms. The van der Waals surface area contributed by atoms with Crippen molar-refractivity contribution in [2.75, 3.05) is 6.61 Å². The highest BCUT2D eigenvalue weighted by molar-refractivity contribution is 6.83. The van der Waals surface area contributed by atoms with Gasteiger partial charge < -0.3 is 9.39 Å². The Balaban J connectivity index is 1.68. The summed E-state index contributed by atoms with van der Waals surface area (Å²) >= 11 is 0. The molecule has 0 saturated carbocycles. The summed E-state index contributed by atoms with van der Waals surface area (Å²) in [6.45, 7) is 5.29. The molecule has 4 fully saturated rings. The van der Waals surface area contributed by atoms with Crippen LogP contribution in [-0.4, -0.2) is 32.3 Å². The summed E-state index contributed by atoms with van der Waals surface area (Å²) in [6, 6.07) is 11.0. The Morgan fingerprint density at radius 1 is 0.868 bits per heavy atom. The van der Waals surface area contributed by atoms with Gasteiger partial charge in [-0.2, -0.15) is 0 Å². The lowest BCUT2D eigenvalue weighted by Crippen LogP contribution is -2.40. The molecule has 206 valence electrons. The van der Waals surface area contributed by atoms with Crippen LogP contribution in [0.3, 0.4) is 0 Å². The lowest BCUT2D eigenvalue weighted by molar-refractivity contribution is -0.138. The number of rotatable bonds is 10. The monoisotopic (exact) mass is 516 g/mol. The summed E-state index contributed by atoms with van der Waals surface area (Å²) in [6.07, 6.45) is 20.3. The molecule has 0 amide bonds. The van der Waals surface area contributed by atoms with Gasteiger partial charge in [-0.05, 0) is 37.0 Å². The van der Waals surface area contributed by atoms with E-state index in [1.165, 1.54) is 101 Å². The molecule has 0 radical (unpaired) electrons. The van der Waals surface area contributed by atoms with Crippen molar-refractivity contribution in [1.82, 2.24) is 0 Å². The quantitative estimate of drug-likeness (QED) is 0.135. The van der Waals surface area contributed by atoms with Crippen molar-refractivity contribution in [3.63, 3.8) is 0 Å². The second-order valence-corrected chi connectivity index (χ2v) is 12.8. The largest absolute Gasteiger partial charge is 0.463 e. The molecule has 4 saturated heterocycles. The van der Waals surface area contributed by atoms with Gasteiger partial charge in [0.25, 0.3) is 0 Å². The van der Waals surface area contributed by atoms with Gasteiger partial charge in [0.15, 0.2) is 6.71 Å². The summed E-state index contributed by atoms with van der Waals surface area (Å²) in [5, 5.41) is 0. The maximum atomic E-state index is 14.3. The first-order chi connectivity index (χ1) is 18.7. The number of ether oxygens (including phenoxy) is 1. The van der Waals surface area contributed by atoms with Crippen molar-refractivity contribution in [1.29, 1.82) is 0 Å². The molecule has 3 nitrogen and oxygen atoms in total. The van der Waals surface area contributed by atoms with E-state index in [4.69, 9.17) is 9.39 Å². The van der Waals surface area contributed by atoms with E-state index in [0.717, 1.165) is 18.4 Å². The summed E-state index contributed by atoms with van der Waals surface area (Å²) in [7, 11) is 0. The van der Waals surface area contributed by atoms with E-state index < -0.39 is 0 Å². The first-order valence-electron chi connectivity index (χ1n) is 16.3. The third kappa shape index (κ3) is 6.29. The van der Waals surface area contributed by atoms with Crippen LogP contribution in [0.4, 0.5) is 0 Å². The highest BCUT2D eigenvalue weighted by atomic mass is 16.5. The van der Waals surface area contributed by atoms with Crippen LogP contribution >= 0.6 is 0 Å². The molecule has 0 aromatic heterocycles. The van der Waals surface area contributed by atoms with Crippen LogP contribution in [0, 0.1) is 0 Å². The number of fused-ring (bicyclic) bond motifs is 5. The van der Waals surface area contributed by atoms with Crippen molar-refractivity contribution in [3.05, 3.63) is 41.5 Å². The maximum Gasteiger partial charge on any atom is 0.333 e. The predicted octanol–water partition coefficient (Wildman–Crippen LogP) is 9.21. The van der Waals surface area contributed by atoms with Gasteiger partial charge in [0.1, 0.15) is 0 Å². The Labute approximate surface area is 233 Å². The fourth-order valence-corrected chi connectivity index (χ4v) is 8.78. The Kier molecular flexibility index (Phi) is 10.1. The molecule has 5 heteroatoms. The average Bonchev–Trinajstić information content (AvgIpc) is 3.24. The zero-order chi connectivity index (χ0) is 26.3. The second kappa shape index (κ2) is 13.7. The zero-order valence-electron chi connectivity index (χ0n) is 24.2. The summed E-state index contributed by atoms with van der Waals surface area (Å²) < 4.78 is 13.1. The van der Waals surface area contributed by atoms with Crippen LogP contribution in [0.5, 0.6) is 0 Å². The van der Waals surface area contributed by atoms with Crippen LogP contribution in [0.2, 0.25) is 23.3 Å². The fraction of sp³-hybridized carbons (Fsp3) is 0.727. The van der Waals surface area contributed by atoms with Crippen LogP contribution < -0.4 is 0 Å². The fourth-order valence-electron chi connectivity index (χ4n) is 8.78. The van der Waals surface area contributed by atoms with Crippen LogP contribution in [0.15, 0.2) is 35.9 Å². The highest BCUT2D eigenvalue weighted by Gasteiger charge is 2.48. The number of unbranched alkanes of at least 4 members (excludes halogenated alkanes) is 2. The number of esters is 1. The molecular formula is C33H50B2O3. The van der Waals surface area contributed by atoms with Crippen LogP contribution in [0.1, 0.15) is 122 Å². The van der Waals surface area contributed by atoms with Gasteiger partial charge in [0.05, 0.1) is 6.61 Å². The predicted molar refractivity (Wildman–Crippen MR) is 161 cm³/mol. The van der Waals surface area contributed by atoms with Gasteiger partial charge in [-0.1, -0.05) is 144 Å². The van der Waals surface area contributed by atoms with Gasteiger partial charge in [-0.3, -0.25) is 0 Å². The Morgan fingerprint density at radius 2 is 1.47 bits per heavy atom. The molecule has 4 aliphatic rings. The summed E-state index contributed by atoms with van der Waals surface area (Å²) in [5.41, 5.74) is 3.62. The van der Waals surface area contributed by atoms with Crippen molar-refractivity contribution >= 4 is 25.1 Å². The summed E-state index contributed by atoms with van der Waals surface area (Å²) in [5.74, 6) is 2.00. The number of benzene rings is 1. The molecule has 1 atom stereocenters. The molecule has 4 aliphatic heterocycles. The van der Waals surface area contributed by atoms with Crippen molar-refractivity contribution in [3.8, 4) is 0 Å². The minimum atomic E-state index is -0.0566. The van der Waals surface area contributed by atoms with Gasteiger partial charge in [0.2, 0.25) is 0 Å². The molecular weight excluding hydrogens is 466 g/mol. The highest BCUT2D eigenvalue weighted by Crippen LogP contribution is 2.54. The van der Waals surface area contributed by atoms with Crippen LogP contribution in [0.25, 0.3) is 5.47 Å². The minimum absolute atomic E-state index is 0.0566. The van der Waals surface area contributed by atoms with Gasteiger partial charge in [0, 0.05) is 11.7 Å². The molecule has 0 aliphatic carbocycles. The Morgan fingerprint density at radius 3 is 2.08 bits per heavy atom. The third-order valence-electron chi connectivity index (χ3n) is 10.4. The van der Waals surface area contributed by atoms with E-state index in [9.17, 15) is 4.79 Å². The Bertz CT molecular complexity index is 899. The average molecular weight is 516 g/mol. The normalized spacial score (nSPS) is 28.8. The van der Waals surface area contributed by atoms with E-state index in [1.807, 2.05) is 6.92 Å². The molecule has 0 spiro atoms. The topological polar surface area (TPSA) is 35.5 Å². The molecule has 1 aromatic rings. The maximum absolute atomic E-state index is 14.3. The molecule has 4 bridgehead atoms. The Hall–Kier alpha value is -1.48. The van der Waals surface area contributed by atoms with E-state index in [2.05, 4.69) is 37.3 Å². The van der Waals surface area contributed by atoms with Gasteiger partial charge >= 0.3 is 12.9 Å². The third-order valence-corrected chi connectivity index (χ3v) is 10.4. The van der Waals surface area contributed by atoms with E-state index >= 15 is 0 Å². The standard InChI is InChI=1S/C33H50B2O3/c1-3-5-7-24-30(35-28-20-12-22-29(38-35)23-13-21-28)31(33(36)37-4-2)32(25-14-8-6-9-15-25)34-26-16-10-17-27(34)19-11-18-26/h6,8-9,14-15,26-30H,3-5,7,10-13,16-24H2,1-2H3/b32-31-. The minimum Gasteiger partial charge on any atom is -0.463 e. The smallest absolute Gasteiger partial charge is 0.333 e. The second-order valence-electron chi connectivity index (χ2n) is 12.8. The van der Waals surface area contributed by atoms with Gasteiger partial charge in [-0.15, -0.1) is 0 Å². The number of carbonyl (C=O) groups is 1. The lowest BCUT2D eigenvalue weighted by Gasteiger charge is -2.43. The molecule has 5 rings (SSSR count). The molecule has 0 N–H and O–H groups in total. The van der Waals surface area contributed by atoms with E-state index in [0.29, 0.717) is 36.9 Å². The van der Waals surface area contributed by atoms with E-state index in [-0.39, 0.29) is 18.7 Å². The zero-order valence-corrected chi connectivity index (χ0v) is 24.2. The van der Waals surface area contributed by atoms with Crippen molar-refractivity contribution in [2.45, 2.75) is 146 Å². The molecule has 1 aromatic carbocycles. The first-order valence-corrected chi connectivity index (χ1v) is 16.3. The molecule has 4 heterocycles. The van der Waals surface area contributed by atoms with E-state index in [1.54, 1.807) is 0 Å². The number of carbonyl (C=O) groups excluding carboxylic acids is 1. The first kappa shape index (κ1) is 28.1. The van der Waals surface area contributed by atoms with Crippen LogP contribution in [-0.2, 0) is 14.2 Å². The van der Waals surface area contributed by atoms with Crippen molar-refractivity contribution < 1.29 is 14.2 Å². The lowest BCUT2D eigenvalue weighted by atomic mass is 9.22. The molecule has 1 unspecified atom stereocenters. The number of hydrogen-bond acceptors (Lipinski definition) is 3. The summed E-state index contributed by atoms with van der Waals surface area (Å²) in [4.78, 5) is 14.3. The van der Waals surface area contributed by atoms with Gasteiger partial charge in [-0.25, -0.2) is 4.79 Å². The SMILES string of the molecule is CCCCCC(B1OC2CCCC1CCC2)/C(C(=O)OCC)=C(/B1C2CCCC1CCC2)c1ccccc1. The number of hydrogen-bond donors (Lipinski definition) is 0.